The molecule has 0 bridgehead atoms. The van der Waals surface area contributed by atoms with Crippen LogP contribution in [-0.4, -0.2) is 32.4 Å². The Balaban J connectivity index is 1.80. The summed E-state index contributed by atoms with van der Waals surface area (Å²) in [5.41, 5.74) is 0. The summed E-state index contributed by atoms with van der Waals surface area (Å²) < 4.78 is 35.2. The molecule has 1 heterocycles. The first-order valence-corrected chi connectivity index (χ1v) is 5.06. The minimum atomic E-state index is -4.00. The summed E-state index contributed by atoms with van der Waals surface area (Å²) in [6.07, 6.45) is -3.42. The van der Waals surface area contributed by atoms with E-state index in [0.717, 1.165) is 32.0 Å². The van der Waals surface area contributed by atoms with E-state index >= 15 is 0 Å². The number of hydrogen-bond donors (Lipinski definition) is 2. The molecule has 1 fully saturated rings. The van der Waals surface area contributed by atoms with Gasteiger partial charge >= 0.3 is 6.18 Å². The molecule has 84 valence electrons. The predicted octanol–water partition coefficient (Wildman–Crippen LogP) is 1.53. The zero-order valence-corrected chi connectivity index (χ0v) is 8.16. The summed E-state index contributed by atoms with van der Waals surface area (Å²) in [5.74, 6) is 0.727. The average molecular weight is 210 g/mol. The van der Waals surface area contributed by atoms with Crippen molar-refractivity contribution in [2.75, 3.05) is 26.2 Å². The Morgan fingerprint density at radius 3 is 2.43 bits per heavy atom. The lowest BCUT2D eigenvalue weighted by atomic mass is 10.00. The fourth-order valence-electron chi connectivity index (χ4n) is 1.40. The molecular weight excluding hydrogens is 193 g/mol. The SMILES string of the molecule is FC(F)(F)CCCNCCC1CNC1. The molecule has 1 aliphatic rings. The molecule has 0 amide bonds. The van der Waals surface area contributed by atoms with Crippen LogP contribution >= 0.6 is 0 Å². The van der Waals surface area contributed by atoms with Gasteiger partial charge in [0.05, 0.1) is 0 Å². The first kappa shape index (κ1) is 11.8. The van der Waals surface area contributed by atoms with Gasteiger partial charge in [-0.05, 0) is 44.9 Å². The van der Waals surface area contributed by atoms with Crippen LogP contribution in [0.4, 0.5) is 13.2 Å². The standard InChI is InChI=1S/C9H17F3N2/c10-9(11,12)3-1-4-13-5-2-8-6-14-7-8/h8,13-14H,1-7H2. The molecule has 0 aliphatic carbocycles. The van der Waals surface area contributed by atoms with E-state index in [1.54, 1.807) is 0 Å². The average Bonchev–Trinajstić information content (AvgIpc) is 1.97. The van der Waals surface area contributed by atoms with Crippen molar-refractivity contribution >= 4 is 0 Å². The van der Waals surface area contributed by atoms with Crippen molar-refractivity contribution in [3.8, 4) is 0 Å². The van der Waals surface area contributed by atoms with Gasteiger partial charge in [-0.25, -0.2) is 0 Å². The van der Waals surface area contributed by atoms with Gasteiger partial charge in [-0.1, -0.05) is 0 Å². The zero-order chi connectivity index (χ0) is 10.4. The van der Waals surface area contributed by atoms with E-state index in [4.69, 9.17) is 0 Å². The van der Waals surface area contributed by atoms with Crippen molar-refractivity contribution in [2.24, 2.45) is 5.92 Å². The molecule has 0 spiro atoms. The number of nitrogens with one attached hydrogen (secondary N) is 2. The maximum Gasteiger partial charge on any atom is 0.389 e. The second kappa shape index (κ2) is 5.56. The number of hydrogen-bond acceptors (Lipinski definition) is 2. The second-order valence-corrected chi connectivity index (χ2v) is 3.78. The van der Waals surface area contributed by atoms with Crippen LogP contribution in [0.3, 0.4) is 0 Å². The van der Waals surface area contributed by atoms with Crippen LogP contribution in [0.15, 0.2) is 0 Å². The van der Waals surface area contributed by atoms with Crippen LogP contribution in [0.2, 0.25) is 0 Å². The molecule has 2 N–H and O–H groups in total. The van der Waals surface area contributed by atoms with Crippen LogP contribution in [0.5, 0.6) is 0 Å². The highest BCUT2D eigenvalue weighted by Gasteiger charge is 2.25. The van der Waals surface area contributed by atoms with Crippen LogP contribution in [-0.2, 0) is 0 Å². The predicted molar refractivity (Wildman–Crippen MR) is 49.1 cm³/mol. The molecule has 1 saturated heterocycles. The summed E-state index contributed by atoms with van der Waals surface area (Å²) in [5, 5.41) is 6.19. The molecule has 14 heavy (non-hydrogen) atoms. The normalized spacial score (nSPS) is 18.2. The molecule has 0 aromatic rings. The van der Waals surface area contributed by atoms with E-state index in [0.29, 0.717) is 6.54 Å². The summed E-state index contributed by atoms with van der Waals surface area (Å²) in [6, 6.07) is 0. The lowest BCUT2D eigenvalue weighted by Gasteiger charge is -2.26. The van der Waals surface area contributed by atoms with Gasteiger partial charge < -0.3 is 10.6 Å². The van der Waals surface area contributed by atoms with Crippen LogP contribution in [0.1, 0.15) is 19.3 Å². The Kier molecular flexibility index (Phi) is 4.68. The maximum absolute atomic E-state index is 11.7. The van der Waals surface area contributed by atoms with Gasteiger partial charge in [0.2, 0.25) is 0 Å². The summed E-state index contributed by atoms with van der Waals surface area (Å²) in [6.45, 7) is 3.43. The quantitative estimate of drug-likeness (QED) is 0.650. The Hall–Kier alpha value is -0.290. The third kappa shape index (κ3) is 5.44. The van der Waals surface area contributed by atoms with Crippen LogP contribution in [0, 0.1) is 5.92 Å². The van der Waals surface area contributed by atoms with Crippen molar-refractivity contribution in [2.45, 2.75) is 25.4 Å². The smallest absolute Gasteiger partial charge is 0.317 e. The second-order valence-electron chi connectivity index (χ2n) is 3.78. The molecule has 0 aromatic heterocycles. The lowest BCUT2D eigenvalue weighted by Crippen LogP contribution is -2.43. The molecule has 0 radical (unpaired) electrons. The number of halogens is 3. The molecule has 2 nitrogen and oxygen atoms in total. The van der Waals surface area contributed by atoms with E-state index < -0.39 is 12.6 Å². The van der Waals surface area contributed by atoms with Crippen molar-refractivity contribution < 1.29 is 13.2 Å². The molecular formula is C9H17F3N2. The van der Waals surface area contributed by atoms with Gasteiger partial charge in [-0.2, -0.15) is 13.2 Å². The van der Waals surface area contributed by atoms with E-state index in [9.17, 15) is 13.2 Å². The van der Waals surface area contributed by atoms with E-state index in [1.165, 1.54) is 0 Å². The van der Waals surface area contributed by atoms with E-state index in [-0.39, 0.29) is 6.42 Å². The molecule has 0 saturated carbocycles. The van der Waals surface area contributed by atoms with Crippen molar-refractivity contribution in [3.63, 3.8) is 0 Å². The fraction of sp³-hybridized carbons (Fsp3) is 1.00. The van der Waals surface area contributed by atoms with Crippen molar-refractivity contribution in [1.29, 1.82) is 0 Å². The maximum atomic E-state index is 11.7. The lowest BCUT2D eigenvalue weighted by molar-refractivity contribution is -0.135. The van der Waals surface area contributed by atoms with Crippen LogP contribution < -0.4 is 10.6 Å². The fourth-order valence-corrected chi connectivity index (χ4v) is 1.40. The minimum Gasteiger partial charge on any atom is -0.317 e. The van der Waals surface area contributed by atoms with Crippen molar-refractivity contribution in [3.05, 3.63) is 0 Å². The van der Waals surface area contributed by atoms with Crippen LogP contribution in [0.25, 0.3) is 0 Å². The molecule has 0 aromatic carbocycles. The van der Waals surface area contributed by atoms with Crippen molar-refractivity contribution in [1.82, 2.24) is 10.6 Å². The Morgan fingerprint density at radius 1 is 1.21 bits per heavy atom. The van der Waals surface area contributed by atoms with Gasteiger partial charge in [-0.15, -0.1) is 0 Å². The first-order valence-electron chi connectivity index (χ1n) is 5.06. The Bertz CT molecular complexity index is 155. The number of alkyl halides is 3. The van der Waals surface area contributed by atoms with Gasteiger partial charge in [-0.3, -0.25) is 0 Å². The van der Waals surface area contributed by atoms with E-state index in [1.807, 2.05) is 0 Å². The van der Waals surface area contributed by atoms with Gasteiger partial charge in [0.1, 0.15) is 0 Å². The molecule has 1 rings (SSSR count). The Labute approximate surface area is 82.2 Å². The van der Waals surface area contributed by atoms with Gasteiger partial charge in [0, 0.05) is 6.42 Å². The van der Waals surface area contributed by atoms with Gasteiger partial charge in [0.15, 0.2) is 0 Å². The highest BCUT2D eigenvalue weighted by Crippen LogP contribution is 2.20. The molecule has 5 heteroatoms. The third-order valence-corrected chi connectivity index (χ3v) is 2.41. The van der Waals surface area contributed by atoms with Gasteiger partial charge in [0.25, 0.3) is 0 Å². The summed E-state index contributed by atoms with van der Waals surface area (Å²) in [4.78, 5) is 0. The number of rotatable bonds is 6. The topological polar surface area (TPSA) is 24.1 Å². The third-order valence-electron chi connectivity index (χ3n) is 2.41. The monoisotopic (exact) mass is 210 g/mol. The summed E-state index contributed by atoms with van der Waals surface area (Å²) >= 11 is 0. The molecule has 0 unspecified atom stereocenters. The van der Waals surface area contributed by atoms with E-state index in [2.05, 4.69) is 10.6 Å². The first-order chi connectivity index (χ1) is 6.58. The highest BCUT2D eigenvalue weighted by atomic mass is 19.4. The largest absolute Gasteiger partial charge is 0.389 e. The minimum absolute atomic E-state index is 0.187. The highest BCUT2D eigenvalue weighted by molar-refractivity contribution is 4.74. The zero-order valence-electron chi connectivity index (χ0n) is 8.16. The Morgan fingerprint density at radius 2 is 1.93 bits per heavy atom. The summed E-state index contributed by atoms with van der Waals surface area (Å²) in [7, 11) is 0. The molecule has 0 atom stereocenters. The molecule has 1 aliphatic heterocycles.